The molecule has 2 aromatic carbocycles. The summed E-state index contributed by atoms with van der Waals surface area (Å²) in [7, 11) is 0. The number of fused-ring (bicyclic) bond motifs is 1. The van der Waals surface area contributed by atoms with E-state index in [2.05, 4.69) is 21.2 Å². The smallest absolute Gasteiger partial charge is 0.262 e. The molecule has 3 rings (SSSR count). The van der Waals surface area contributed by atoms with Crippen LogP contribution in [-0.4, -0.2) is 12.5 Å². The lowest BCUT2D eigenvalue weighted by Gasteiger charge is -2.20. The molecule has 0 saturated carbocycles. The molecule has 0 atom stereocenters. The number of nitrogen functional groups attached to an aromatic ring is 1. The summed E-state index contributed by atoms with van der Waals surface area (Å²) in [6, 6.07) is 7.18. The second-order valence-electron chi connectivity index (χ2n) is 4.40. The second kappa shape index (κ2) is 5.25. The van der Waals surface area contributed by atoms with E-state index in [1.807, 2.05) is 0 Å². The van der Waals surface area contributed by atoms with Gasteiger partial charge in [-0.3, -0.25) is 4.79 Å². The molecule has 0 saturated heterocycles. The van der Waals surface area contributed by atoms with Crippen molar-refractivity contribution in [1.82, 2.24) is 0 Å². The third kappa shape index (κ3) is 2.78. The number of carbonyl (C=O) groups excluding carboxylic acids is 1. The van der Waals surface area contributed by atoms with E-state index in [1.165, 1.54) is 18.2 Å². The Morgan fingerprint density at radius 1 is 1.29 bits per heavy atom. The average molecular weight is 353 g/mol. The zero-order valence-corrected chi connectivity index (χ0v) is 12.2. The Labute approximate surface area is 128 Å². The minimum Gasteiger partial charge on any atom is -0.481 e. The summed E-state index contributed by atoms with van der Waals surface area (Å²) >= 11 is 3.21. The fourth-order valence-electron chi connectivity index (χ4n) is 1.89. The van der Waals surface area contributed by atoms with Crippen molar-refractivity contribution in [2.75, 3.05) is 17.7 Å². The lowest BCUT2D eigenvalue weighted by molar-refractivity contribution is -0.118. The van der Waals surface area contributed by atoms with Crippen molar-refractivity contribution in [3.8, 4) is 17.2 Å². The number of rotatable bonds is 2. The molecule has 0 unspecified atom stereocenters. The van der Waals surface area contributed by atoms with E-state index in [-0.39, 0.29) is 18.3 Å². The number of hydrogen-bond acceptors (Lipinski definition) is 4. The molecule has 0 bridgehead atoms. The highest BCUT2D eigenvalue weighted by Crippen LogP contribution is 2.40. The van der Waals surface area contributed by atoms with Crippen LogP contribution in [0.25, 0.3) is 0 Å². The number of nitrogens with two attached hydrogens (primary N) is 1. The second-order valence-corrected chi connectivity index (χ2v) is 5.25. The lowest BCUT2D eigenvalue weighted by atomic mass is 10.2. The van der Waals surface area contributed by atoms with E-state index in [9.17, 15) is 9.18 Å². The minimum absolute atomic E-state index is 0.0455. The maximum atomic E-state index is 13.1. The predicted molar refractivity (Wildman–Crippen MR) is 79.2 cm³/mol. The molecule has 0 fully saturated rings. The zero-order valence-electron chi connectivity index (χ0n) is 10.7. The molecule has 0 radical (unpaired) electrons. The van der Waals surface area contributed by atoms with Gasteiger partial charge in [0.15, 0.2) is 12.4 Å². The Bertz CT molecular complexity index is 736. The van der Waals surface area contributed by atoms with Crippen molar-refractivity contribution in [3.05, 3.63) is 40.6 Å². The molecular formula is C14H10BrFN2O3. The Kier molecular flexibility index (Phi) is 3.42. The van der Waals surface area contributed by atoms with Gasteiger partial charge >= 0.3 is 0 Å². The van der Waals surface area contributed by atoms with E-state index < -0.39 is 0 Å². The van der Waals surface area contributed by atoms with Crippen LogP contribution in [0.4, 0.5) is 15.8 Å². The summed E-state index contributed by atoms with van der Waals surface area (Å²) in [6.45, 7) is -0.0455. The van der Waals surface area contributed by atoms with Crippen LogP contribution in [-0.2, 0) is 4.79 Å². The van der Waals surface area contributed by atoms with Gasteiger partial charge in [0.05, 0.1) is 15.8 Å². The summed E-state index contributed by atoms with van der Waals surface area (Å²) in [5, 5.41) is 2.67. The van der Waals surface area contributed by atoms with E-state index in [4.69, 9.17) is 15.2 Å². The molecule has 1 aliphatic heterocycles. The zero-order chi connectivity index (χ0) is 15.0. The molecule has 2 aromatic rings. The van der Waals surface area contributed by atoms with Crippen LogP contribution in [0.2, 0.25) is 0 Å². The largest absolute Gasteiger partial charge is 0.481 e. The van der Waals surface area contributed by atoms with Gasteiger partial charge in [-0.05, 0) is 34.1 Å². The quantitative estimate of drug-likeness (QED) is 0.813. The first-order valence-corrected chi connectivity index (χ1v) is 6.81. The molecule has 3 N–H and O–H groups in total. The van der Waals surface area contributed by atoms with E-state index >= 15 is 0 Å². The van der Waals surface area contributed by atoms with Crippen LogP contribution in [0.15, 0.2) is 34.8 Å². The molecule has 0 spiro atoms. The highest BCUT2D eigenvalue weighted by atomic mass is 79.9. The summed E-state index contributed by atoms with van der Waals surface area (Å²) in [4.78, 5) is 11.3. The molecule has 7 heteroatoms. The SMILES string of the molecule is Nc1cc2c(cc1Oc1ccc(F)cc1Br)NC(=O)CO2. The van der Waals surface area contributed by atoms with Crippen molar-refractivity contribution in [2.24, 2.45) is 0 Å². The number of hydrogen-bond donors (Lipinski definition) is 2. The first-order valence-electron chi connectivity index (χ1n) is 6.02. The summed E-state index contributed by atoms with van der Waals surface area (Å²) in [5.74, 6) is 0.602. The Morgan fingerprint density at radius 2 is 2.10 bits per heavy atom. The Balaban J connectivity index is 1.95. The van der Waals surface area contributed by atoms with Gasteiger partial charge in [-0.25, -0.2) is 4.39 Å². The highest BCUT2D eigenvalue weighted by Gasteiger charge is 2.19. The molecule has 1 aliphatic rings. The average Bonchev–Trinajstić information content (AvgIpc) is 2.43. The molecule has 1 amide bonds. The topological polar surface area (TPSA) is 73.6 Å². The molecule has 5 nitrogen and oxygen atoms in total. The van der Waals surface area contributed by atoms with Gasteiger partial charge in [0, 0.05) is 12.1 Å². The van der Waals surface area contributed by atoms with Crippen LogP contribution in [0.3, 0.4) is 0 Å². The van der Waals surface area contributed by atoms with E-state index in [1.54, 1.807) is 12.1 Å². The number of benzene rings is 2. The number of carbonyl (C=O) groups is 1. The third-order valence-electron chi connectivity index (χ3n) is 2.86. The molecule has 0 aliphatic carbocycles. The Hall–Kier alpha value is -2.28. The van der Waals surface area contributed by atoms with Gasteiger partial charge in [0.2, 0.25) is 0 Å². The number of halogens is 2. The van der Waals surface area contributed by atoms with Crippen LogP contribution in [0.1, 0.15) is 0 Å². The summed E-state index contributed by atoms with van der Waals surface area (Å²) < 4.78 is 24.4. The van der Waals surface area contributed by atoms with Crippen molar-refractivity contribution in [1.29, 1.82) is 0 Å². The number of nitrogens with one attached hydrogen (secondary N) is 1. The van der Waals surface area contributed by atoms with Gasteiger partial charge in [-0.15, -0.1) is 0 Å². The van der Waals surface area contributed by atoms with Crippen LogP contribution in [0, 0.1) is 5.82 Å². The Morgan fingerprint density at radius 3 is 2.86 bits per heavy atom. The number of anilines is 2. The molecule has 21 heavy (non-hydrogen) atoms. The normalized spacial score (nSPS) is 13.1. The molecular weight excluding hydrogens is 343 g/mol. The van der Waals surface area contributed by atoms with Gasteiger partial charge in [0.25, 0.3) is 5.91 Å². The van der Waals surface area contributed by atoms with Crippen LogP contribution >= 0.6 is 15.9 Å². The highest BCUT2D eigenvalue weighted by molar-refractivity contribution is 9.10. The van der Waals surface area contributed by atoms with Crippen molar-refractivity contribution >= 4 is 33.2 Å². The fourth-order valence-corrected chi connectivity index (χ4v) is 2.32. The van der Waals surface area contributed by atoms with E-state index in [0.717, 1.165) is 0 Å². The van der Waals surface area contributed by atoms with Gasteiger partial charge in [0.1, 0.15) is 17.3 Å². The molecule has 1 heterocycles. The number of amides is 1. The van der Waals surface area contributed by atoms with Crippen molar-refractivity contribution in [3.63, 3.8) is 0 Å². The van der Waals surface area contributed by atoms with Gasteiger partial charge in [-0.2, -0.15) is 0 Å². The van der Waals surface area contributed by atoms with Crippen LogP contribution in [0.5, 0.6) is 17.2 Å². The van der Waals surface area contributed by atoms with E-state index in [0.29, 0.717) is 33.1 Å². The van der Waals surface area contributed by atoms with Crippen LogP contribution < -0.4 is 20.5 Å². The maximum absolute atomic E-state index is 13.1. The van der Waals surface area contributed by atoms with Crippen molar-refractivity contribution in [2.45, 2.75) is 0 Å². The number of ether oxygens (including phenoxy) is 2. The monoisotopic (exact) mass is 352 g/mol. The summed E-state index contributed by atoms with van der Waals surface area (Å²) in [5.41, 5.74) is 6.73. The lowest BCUT2D eigenvalue weighted by Crippen LogP contribution is -2.25. The maximum Gasteiger partial charge on any atom is 0.262 e. The standard InChI is InChI=1S/C14H10BrFN2O3/c15-8-3-7(16)1-2-11(8)21-12-5-10-13(4-9(12)17)20-6-14(19)18-10/h1-5H,6,17H2,(H,18,19). The molecule has 108 valence electrons. The third-order valence-corrected chi connectivity index (χ3v) is 3.48. The summed E-state index contributed by atoms with van der Waals surface area (Å²) in [6.07, 6.45) is 0. The first kappa shape index (κ1) is 13.7. The molecule has 0 aromatic heterocycles. The van der Waals surface area contributed by atoms with Crippen molar-refractivity contribution < 1.29 is 18.7 Å². The minimum atomic E-state index is -0.381. The predicted octanol–water partition coefficient (Wildman–Crippen LogP) is 3.29. The van der Waals surface area contributed by atoms with Gasteiger partial charge < -0.3 is 20.5 Å². The first-order chi connectivity index (χ1) is 10.0. The fraction of sp³-hybridized carbons (Fsp3) is 0.0714. The van der Waals surface area contributed by atoms with Gasteiger partial charge in [-0.1, -0.05) is 0 Å².